The molecule has 0 radical (unpaired) electrons. The van der Waals surface area contributed by atoms with E-state index in [4.69, 9.17) is 14.5 Å². The average Bonchev–Trinajstić information content (AvgIpc) is 3.41. The molecule has 1 aromatic rings. The second kappa shape index (κ2) is 5.10. The van der Waals surface area contributed by atoms with Gasteiger partial charge in [-0.3, -0.25) is 0 Å². The van der Waals surface area contributed by atoms with Gasteiger partial charge in [-0.05, 0) is 85.0 Å². The first-order valence-corrected chi connectivity index (χ1v) is 11.0. The summed E-state index contributed by atoms with van der Waals surface area (Å²) in [6.07, 6.45) is 12.9. The number of ether oxygens (including phenoxy) is 1. The number of fused-ring (bicyclic) bond motifs is 4. The number of aromatic nitrogens is 4. The molecule has 1 aliphatic heterocycles. The van der Waals surface area contributed by atoms with E-state index in [0.29, 0.717) is 23.2 Å². The Hall–Kier alpha value is -1.05. The van der Waals surface area contributed by atoms with Crippen molar-refractivity contribution in [1.29, 1.82) is 0 Å². The summed E-state index contributed by atoms with van der Waals surface area (Å²) < 4.78 is 6.86. The molecule has 7 rings (SSSR count). The van der Waals surface area contributed by atoms with E-state index in [0.717, 1.165) is 56.2 Å². The van der Waals surface area contributed by atoms with Gasteiger partial charge in [0.1, 0.15) is 5.82 Å². The quantitative estimate of drug-likeness (QED) is 0.821. The zero-order chi connectivity index (χ0) is 17.7. The first kappa shape index (κ1) is 15.8. The minimum atomic E-state index is -0.486. The van der Waals surface area contributed by atoms with Gasteiger partial charge in [0.15, 0.2) is 0 Å². The summed E-state index contributed by atoms with van der Waals surface area (Å²) in [6, 6.07) is 0. The number of nitrogens with one attached hydrogen (secondary N) is 1. The number of aryl methyl sites for hydroxylation is 1. The normalized spacial score (nSPS) is 54.7. The van der Waals surface area contributed by atoms with Crippen LogP contribution in [0.1, 0.15) is 70.0 Å². The van der Waals surface area contributed by atoms with Crippen LogP contribution in [-0.2, 0) is 20.9 Å². The van der Waals surface area contributed by atoms with Crippen LogP contribution in [0, 0.1) is 35.0 Å². The Morgan fingerprint density at radius 2 is 1.70 bits per heavy atom. The van der Waals surface area contributed by atoms with E-state index in [-0.39, 0.29) is 0 Å². The fourth-order valence-electron chi connectivity index (χ4n) is 8.10. The first-order chi connectivity index (χ1) is 13.2. The van der Waals surface area contributed by atoms with Crippen molar-refractivity contribution in [3.63, 3.8) is 0 Å². The molecule has 5 saturated carbocycles. The third-order valence-corrected chi connectivity index (χ3v) is 9.44. The first-order valence-electron chi connectivity index (χ1n) is 11.0. The second-order valence-electron chi connectivity index (χ2n) is 10.4. The molecule has 1 aromatic heterocycles. The maximum Gasteiger partial charge on any atom is 0.210 e. The Labute approximate surface area is 158 Å². The molecule has 7 nitrogen and oxygen atoms in total. The van der Waals surface area contributed by atoms with Crippen molar-refractivity contribution in [3.05, 3.63) is 5.82 Å². The van der Waals surface area contributed by atoms with Gasteiger partial charge in [0, 0.05) is 31.1 Å². The number of nitrogens with zero attached hydrogens (tertiary/aromatic N) is 3. The number of hydrogen-bond acceptors (Lipinski definition) is 6. The molecule has 2 heterocycles. The lowest BCUT2D eigenvalue weighted by molar-refractivity contribution is -0.375. The molecule has 146 valence electrons. The molecule has 0 amide bonds. The van der Waals surface area contributed by atoms with Crippen LogP contribution in [0.25, 0.3) is 0 Å². The highest BCUT2D eigenvalue weighted by Gasteiger charge is 2.77. The van der Waals surface area contributed by atoms with E-state index in [1.807, 2.05) is 0 Å². The zero-order valence-electron chi connectivity index (χ0n) is 15.7. The van der Waals surface area contributed by atoms with Crippen LogP contribution < -0.4 is 0 Å². The van der Waals surface area contributed by atoms with Gasteiger partial charge >= 0.3 is 0 Å². The van der Waals surface area contributed by atoms with Crippen LogP contribution in [0.15, 0.2) is 0 Å². The van der Waals surface area contributed by atoms with Gasteiger partial charge in [0.2, 0.25) is 11.6 Å². The van der Waals surface area contributed by atoms with Crippen LogP contribution in [-0.4, -0.2) is 32.2 Å². The van der Waals surface area contributed by atoms with Crippen molar-refractivity contribution in [2.45, 2.75) is 82.2 Å². The van der Waals surface area contributed by atoms with Gasteiger partial charge in [0.05, 0.1) is 0 Å². The molecular formula is C20H28N4O3. The molecule has 3 spiro atoms. The van der Waals surface area contributed by atoms with E-state index < -0.39 is 11.6 Å². The number of aromatic amines is 1. The molecule has 4 unspecified atom stereocenters. The summed E-state index contributed by atoms with van der Waals surface area (Å²) in [5.41, 5.74) is 0.677. The van der Waals surface area contributed by atoms with Gasteiger partial charge in [-0.25, -0.2) is 5.10 Å². The molecule has 6 fully saturated rings. The third kappa shape index (κ3) is 1.96. The van der Waals surface area contributed by atoms with E-state index in [9.17, 15) is 0 Å². The molecule has 5 aliphatic carbocycles. The Morgan fingerprint density at radius 1 is 0.963 bits per heavy atom. The van der Waals surface area contributed by atoms with E-state index in [2.05, 4.69) is 20.6 Å². The van der Waals surface area contributed by atoms with Gasteiger partial charge in [0.25, 0.3) is 0 Å². The number of hydrogen-bond donors (Lipinski definition) is 1. The summed E-state index contributed by atoms with van der Waals surface area (Å²) >= 11 is 0. The van der Waals surface area contributed by atoms with Crippen LogP contribution in [0.3, 0.4) is 0 Å². The highest BCUT2D eigenvalue weighted by molar-refractivity contribution is 5.21. The molecule has 1 saturated heterocycles. The summed E-state index contributed by atoms with van der Waals surface area (Å²) in [6.45, 7) is 0. The maximum atomic E-state index is 6.86. The van der Waals surface area contributed by atoms with Crippen molar-refractivity contribution in [1.82, 2.24) is 20.6 Å². The SMILES string of the molecule is C(C[C@H]1CC[C@]2(CC1)OO[C@]1(O2)C2CC3CC4CC1CC34C2)c1nnn[nH]1. The Balaban J connectivity index is 1.04. The second-order valence-corrected chi connectivity index (χ2v) is 10.4. The van der Waals surface area contributed by atoms with Crippen molar-refractivity contribution in [3.8, 4) is 0 Å². The van der Waals surface area contributed by atoms with Crippen LogP contribution >= 0.6 is 0 Å². The Morgan fingerprint density at radius 3 is 2.41 bits per heavy atom. The average molecular weight is 372 g/mol. The van der Waals surface area contributed by atoms with Crippen LogP contribution in [0.2, 0.25) is 0 Å². The third-order valence-electron chi connectivity index (χ3n) is 9.44. The number of H-pyrrole nitrogens is 1. The van der Waals surface area contributed by atoms with E-state index in [1.165, 1.54) is 32.1 Å². The van der Waals surface area contributed by atoms with Crippen molar-refractivity contribution in [2.24, 2.45) is 35.0 Å². The van der Waals surface area contributed by atoms with Gasteiger partial charge < -0.3 is 4.74 Å². The summed E-state index contributed by atoms with van der Waals surface area (Å²) in [7, 11) is 0. The van der Waals surface area contributed by atoms with E-state index >= 15 is 0 Å². The van der Waals surface area contributed by atoms with Gasteiger partial charge in [-0.15, -0.1) is 5.10 Å². The maximum absolute atomic E-state index is 6.86. The molecule has 1 N–H and O–H groups in total. The van der Waals surface area contributed by atoms with Gasteiger partial charge in [-0.1, -0.05) is 0 Å². The molecule has 0 aromatic carbocycles. The Kier molecular flexibility index (Phi) is 2.99. The fraction of sp³-hybridized carbons (Fsp3) is 0.950. The standard InChI is InChI=1S/C20H28N4O3/c1(2-17-21-23-24-22-17)12-3-5-19(6-4-12)25-20(27-26-19)15-8-13-7-14-9-16(20)11-18(13,14)10-15/h12-16H,1-11H2,(H,21,22,23,24)/t12-,13?,14?,15?,16?,18?,19+,20?. The minimum Gasteiger partial charge on any atom is -0.312 e. The summed E-state index contributed by atoms with van der Waals surface area (Å²) in [5, 5.41) is 14.2. The molecule has 6 aliphatic rings. The molecule has 27 heavy (non-hydrogen) atoms. The lowest BCUT2D eigenvalue weighted by Gasteiger charge is -2.49. The van der Waals surface area contributed by atoms with Crippen molar-refractivity contribution >= 4 is 0 Å². The predicted octanol–water partition coefficient (Wildman–Crippen LogP) is 3.15. The largest absolute Gasteiger partial charge is 0.312 e. The van der Waals surface area contributed by atoms with Gasteiger partial charge in [-0.2, -0.15) is 9.78 Å². The lowest BCUT2D eigenvalue weighted by Crippen LogP contribution is -2.50. The monoisotopic (exact) mass is 372 g/mol. The number of rotatable bonds is 3. The molecular weight excluding hydrogens is 344 g/mol. The zero-order valence-corrected chi connectivity index (χ0v) is 15.7. The number of tetrazole rings is 1. The highest BCUT2D eigenvalue weighted by Crippen LogP contribution is 2.79. The Bertz CT molecular complexity index is 720. The lowest BCUT2D eigenvalue weighted by atomic mass is 9.56. The molecule has 7 heteroatoms. The molecule has 4 atom stereocenters. The van der Waals surface area contributed by atoms with Crippen LogP contribution in [0.4, 0.5) is 0 Å². The van der Waals surface area contributed by atoms with Crippen molar-refractivity contribution < 1.29 is 14.5 Å². The summed E-state index contributed by atoms with van der Waals surface area (Å²) in [4.78, 5) is 12.3. The highest BCUT2D eigenvalue weighted by atomic mass is 17.3. The topological polar surface area (TPSA) is 82.2 Å². The molecule has 3 bridgehead atoms. The fourth-order valence-corrected chi connectivity index (χ4v) is 8.10. The van der Waals surface area contributed by atoms with Crippen molar-refractivity contribution in [2.75, 3.05) is 0 Å². The van der Waals surface area contributed by atoms with Crippen LogP contribution in [0.5, 0.6) is 0 Å². The summed E-state index contributed by atoms with van der Waals surface area (Å²) in [5.74, 6) is 3.68. The minimum absolute atomic E-state index is 0.425. The predicted molar refractivity (Wildman–Crippen MR) is 92.7 cm³/mol. The van der Waals surface area contributed by atoms with E-state index in [1.54, 1.807) is 0 Å². The smallest absolute Gasteiger partial charge is 0.210 e.